The van der Waals surface area contributed by atoms with Crippen LogP contribution in [-0.4, -0.2) is 4.57 Å². The molecule has 0 aliphatic heterocycles. The maximum absolute atomic E-state index is 2.50. The predicted octanol–water partition coefficient (Wildman–Crippen LogP) is 12.2. The quantitative estimate of drug-likeness (QED) is 0.190. The number of fused-ring (bicyclic) bond motifs is 6. The number of benzene rings is 7. The third kappa shape index (κ3) is 4.18. The lowest BCUT2D eigenvalue weighted by molar-refractivity contribution is 0.660. The summed E-state index contributed by atoms with van der Waals surface area (Å²) in [5.41, 5.74) is 14.7. The van der Waals surface area contributed by atoms with Gasteiger partial charge < -0.3 is 9.47 Å². The highest BCUT2D eigenvalue weighted by molar-refractivity contribution is 6.17. The predicted molar refractivity (Wildman–Crippen MR) is 198 cm³/mol. The summed E-state index contributed by atoms with van der Waals surface area (Å²) >= 11 is 0. The minimum absolute atomic E-state index is 0.0971. The van der Waals surface area contributed by atoms with Crippen LogP contribution in [0, 0.1) is 0 Å². The fourth-order valence-corrected chi connectivity index (χ4v) is 7.81. The third-order valence-electron chi connectivity index (χ3n) is 9.99. The first kappa shape index (κ1) is 27.5. The second-order valence-electron chi connectivity index (χ2n) is 13.0. The maximum atomic E-state index is 2.50. The van der Waals surface area contributed by atoms with E-state index in [-0.39, 0.29) is 5.41 Å². The highest BCUT2D eigenvalue weighted by Crippen LogP contribution is 2.55. The van der Waals surface area contributed by atoms with Gasteiger partial charge in [-0.25, -0.2) is 0 Å². The van der Waals surface area contributed by atoms with Crippen molar-refractivity contribution in [3.05, 3.63) is 181 Å². The van der Waals surface area contributed by atoms with Crippen molar-refractivity contribution in [3.63, 3.8) is 0 Å². The summed E-state index contributed by atoms with van der Waals surface area (Å²) in [7, 11) is 0. The standard InChI is InChI=1S/C45H34N2/c1-45(2)37-21-11-9-19-35(37)43-38(45)22-13-24-40(43)47(34-29-27-32(28-30-34)31-15-5-3-6-16-31)42-26-14-25-41-44(42)36-20-10-12-23-39(36)46(41)33-17-7-4-8-18-33/h3-30H,1-2H3. The Kier molecular flexibility index (Phi) is 6.20. The summed E-state index contributed by atoms with van der Waals surface area (Å²) in [6, 6.07) is 61.8. The fourth-order valence-electron chi connectivity index (χ4n) is 7.81. The van der Waals surface area contributed by atoms with Gasteiger partial charge in [0, 0.05) is 33.1 Å². The molecule has 0 fully saturated rings. The summed E-state index contributed by atoms with van der Waals surface area (Å²) in [6.07, 6.45) is 0. The SMILES string of the molecule is CC1(C)c2ccccc2-c2c(N(c3ccc(-c4ccccc4)cc3)c3cccc4c3c3ccccc3n4-c3ccccc3)cccc21. The van der Waals surface area contributed by atoms with E-state index in [0.717, 1.165) is 17.1 Å². The van der Waals surface area contributed by atoms with Gasteiger partial charge >= 0.3 is 0 Å². The summed E-state index contributed by atoms with van der Waals surface area (Å²) < 4.78 is 2.40. The van der Waals surface area contributed by atoms with Crippen LogP contribution in [0.15, 0.2) is 170 Å². The lowest BCUT2D eigenvalue weighted by Gasteiger charge is -2.29. The van der Waals surface area contributed by atoms with Gasteiger partial charge in [-0.3, -0.25) is 0 Å². The van der Waals surface area contributed by atoms with Crippen LogP contribution < -0.4 is 4.90 Å². The number of hydrogen-bond donors (Lipinski definition) is 0. The molecule has 0 spiro atoms. The fraction of sp³-hybridized carbons (Fsp3) is 0.0667. The Balaban J connectivity index is 1.36. The normalized spacial score (nSPS) is 13.1. The second kappa shape index (κ2) is 10.6. The Morgan fingerprint density at radius 1 is 0.468 bits per heavy atom. The number of para-hydroxylation sites is 2. The van der Waals surface area contributed by atoms with E-state index < -0.39 is 0 Å². The van der Waals surface area contributed by atoms with Crippen molar-refractivity contribution >= 4 is 38.9 Å². The van der Waals surface area contributed by atoms with Gasteiger partial charge in [0.15, 0.2) is 0 Å². The smallest absolute Gasteiger partial charge is 0.0562 e. The van der Waals surface area contributed by atoms with Gasteiger partial charge in [-0.1, -0.05) is 135 Å². The first-order chi connectivity index (χ1) is 23.1. The van der Waals surface area contributed by atoms with Gasteiger partial charge in [-0.2, -0.15) is 0 Å². The molecule has 47 heavy (non-hydrogen) atoms. The van der Waals surface area contributed by atoms with Crippen LogP contribution in [0.3, 0.4) is 0 Å². The number of rotatable bonds is 5. The van der Waals surface area contributed by atoms with Crippen LogP contribution in [0.1, 0.15) is 25.0 Å². The zero-order chi connectivity index (χ0) is 31.5. The van der Waals surface area contributed by atoms with Crippen LogP contribution >= 0.6 is 0 Å². The maximum Gasteiger partial charge on any atom is 0.0562 e. The molecule has 224 valence electrons. The van der Waals surface area contributed by atoms with E-state index in [9.17, 15) is 0 Å². The lowest BCUT2D eigenvalue weighted by atomic mass is 9.82. The largest absolute Gasteiger partial charge is 0.309 e. The monoisotopic (exact) mass is 602 g/mol. The summed E-state index contributed by atoms with van der Waals surface area (Å²) in [4.78, 5) is 2.50. The summed E-state index contributed by atoms with van der Waals surface area (Å²) in [6.45, 7) is 4.71. The molecule has 0 N–H and O–H groups in total. The van der Waals surface area contributed by atoms with E-state index in [0.29, 0.717) is 0 Å². The van der Waals surface area contributed by atoms with E-state index in [4.69, 9.17) is 0 Å². The molecule has 2 heteroatoms. The number of anilines is 3. The van der Waals surface area contributed by atoms with Crippen LogP contribution in [0.25, 0.3) is 49.7 Å². The van der Waals surface area contributed by atoms with Crippen molar-refractivity contribution in [2.75, 3.05) is 4.90 Å². The van der Waals surface area contributed by atoms with E-state index in [2.05, 4.69) is 193 Å². The molecule has 1 aliphatic rings. The summed E-state index contributed by atoms with van der Waals surface area (Å²) in [5.74, 6) is 0. The molecule has 0 amide bonds. The van der Waals surface area contributed by atoms with Gasteiger partial charge in [-0.15, -0.1) is 0 Å². The number of hydrogen-bond acceptors (Lipinski definition) is 1. The molecule has 7 aromatic carbocycles. The molecule has 0 radical (unpaired) electrons. The minimum atomic E-state index is -0.0971. The Bertz CT molecular complexity index is 2420. The summed E-state index contributed by atoms with van der Waals surface area (Å²) in [5, 5.41) is 2.48. The highest BCUT2D eigenvalue weighted by Gasteiger charge is 2.38. The Hall–Kier alpha value is -5.86. The van der Waals surface area contributed by atoms with Crippen LogP contribution in [0.5, 0.6) is 0 Å². The van der Waals surface area contributed by atoms with Crippen molar-refractivity contribution in [1.29, 1.82) is 0 Å². The van der Waals surface area contributed by atoms with Crippen molar-refractivity contribution in [2.45, 2.75) is 19.3 Å². The Morgan fingerprint density at radius 3 is 1.87 bits per heavy atom. The van der Waals surface area contributed by atoms with Gasteiger partial charge in [0.05, 0.1) is 22.4 Å². The average molecular weight is 603 g/mol. The van der Waals surface area contributed by atoms with Gasteiger partial charge in [0.2, 0.25) is 0 Å². The van der Waals surface area contributed by atoms with E-state index in [1.165, 1.54) is 60.9 Å². The molecule has 9 rings (SSSR count). The second-order valence-corrected chi connectivity index (χ2v) is 13.0. The third-order valence-corrected chi connectivity index (χ3v) is 9.99. The lowest BCUT2D eigenvalue weighted by Crippen LogP contribution is -2.16. The zero-order valence-electron chi connectivity index (χ0n) is 26.6. The minimum Gasteiger partial charge on any atom is -0.309 e. The van der Waals surface area contributed by atoms with Crippen molar-refractivity contribution in [3.8, 4) is 27.9 Å². The Morgan fingerprint density at radius 2 is 1.06 bits per heavy atom. The van der Waals surface area contributed by atoms with E-state index in [1.807, 2.05) is 0 Å². The number of nitrogens with zero attached hydrogens (tertiary/aromatic N) is 2. The average Bonchev–Trinajstić information content (AvgIpc) is 3.59. The van der Waals surface area contributed by atoms with Crippen molar-refractivity contribution in [1.82, 2.24) is 4.57 Å². The van der Waals surface area contributed by atoms with E-state index in [1.54, 1.807) is 0 Å². The zero-order valence-corrected chi connectivity index (χ0v) is 26.6. The van der Waals surface area contributed by atoms with Crippen molar-refractivity contribution < 1.29 is 0 Å². The van der Waals surface area contributed by atoms with Gasteiger partial charge in [-0.05, 0) is 76.3 Å². The number of aromatic nitrogens is 1. The molecular formula is C45H34N2. The molecule has 0 saturated heterocycles. The van der Waals surface area contributed by atoms with Crippen LogP contribution in [0.4, 0.5) is 17.1 Å². The molecule has 1 aromatic heterocycles. The molecule has 0 saturated carbocycles. The first-order valence-electron chi connectivity index (χ1n) is 16.4. The molecular weight excluding hydrogens is 569 g/mol. The molecule has 0 unspecified atom stereocenters. The molecule has 1 aliphatic carbocycles. The highest BCUT2D eigenvalue weighted by atomic mass is 15.2. The topological polar surface area (TPSA) is 8.17 Å². The molecule has 0 bridgehead atoms. The van der Waals surface area contributed by atoms with Gasteiger partial charge in [0.25, 0.3) is 0 Å². The molecule has 8 aromatic rings. The molecule has 0 atom stereocenters. The van der Waals surface area contributed by atoms with Crippen molar-refractivity contribution in [2.24, 2.45) is 0 Å². The molecule has 2 nitrogen and oxygen atoms in total. The van der Waals surface area contributed by atoms with Gasteiger partial charge in [0.1, 0.15) is 0 Å². The first-order valence-corrected chi connectivity index (χ1v) is 16.4. The van der Waals surface area contributed by atoms with Crippen LogP contribution in [0.2, 0.25) is 0 Å². The Labute approximate surface area is 275 Å². The van der Waals surface area contributed by atoms with Crippen LogP contribution in [-0.2, 0) is 5.41 Å². The van der Waals surface area contributed by atoms with E-state index >= 15 is 0 Å². The molecule has 1 heterocycles.